The number of nitrogens with one attached hydrogen (secondary N) is 2. The molecule has 0 aliphatic heterocycles. The van der Waals surface area contributed by atoms with E-state index in [1.54, 1.807) is 28.5 Å². The van der Waals surface area contributed by atoms with Gasteiger partial charge in [0.2, 0.25) is 11.9 Å². The number of fused-ring (bicyclic) bond motifs is 1. The van der Waals surface area contributed by atoms with E-state index in [-0.39, 0.29) is 18.4 Å². The third-order valence-corrected chi connectivity index (χ3v) is 5.88. The molecule has 2 aromatic carbocycles. The predicted molar refractivity (Wildman–Crippen MR) is 147 cm³/mol. The first-order valence-electron chi connectivity index (χ1n) is 12.0. The number of aryl methyl sites for hydroxylation is 2. The molecular weight excluding hydrogens is 484 g/mol. The molecule has 0 bridgehead atoms. The summed E-state index contributed by atoms with van der Waals surface area (Å²) in [6.07, 6.45) is 0. The maximum Gasteiger partial charge on any atom is 0.245 e. The van der Waals surface area contributed by atoms with Crippen LogP contribution in [0.2, 0.25) is 0 Å². The van der Waals surface area contributed by atoms with Gasteiger partial charge in [-0.15, -0.1) is 0 Å². The van der Waals surface area contributed by atoms with E-state index in [4.69, 9.17) is 21.2 Å². The van der Waals surface area contributed by atoms with E-state index in [0.29, 0.717) is 46.6 Å². The van der Waals surface area contributed by atoms with Gasteiger partial charge in [-0.25, -0.2) is 9.67 Å². The number of ether oxygens (including phenoxy) is 1. The Balaban J connectivity index is 1.60. The zero-order valence-electron chi connectivity index (χ0n) is 21.3. The van der Waals surface area contributed by atoms with Crippen molar-refractivity contribution in [3.05, 3.63) is 60.3 Å². The van der Waals surface area contributed by atoms with Gasteiger partial charge in [-0.1, -0.05) is 12.1 Å². The number of nitrogens with zero attached hydrogens (tertiary/aromatic N) is 6. The summed E-state index contributed by atoms with van der Waals surface area (Å²) in [5.74, 6) is 1.94. The van der Waals surface area contributed by atoms with Crippen molar-refractivity contribution >= 4 is 46.0 Å². The molecule has 0 aliphatic rings. The molecule has 38 heavy (non-hydrogen) atoms. The Morgan fingerprint density at radius 3 is 2.58 bits per heavy atom. The summed E-state index contributed by atoms with van der Waals surface area (Å²) in [6.45, 7) is 4.38. The number of imidazole rings is 1. The quantitative estimate of drug-likeness (QED) is 0.227. The molecular formula is C26H28N10O2. The summed E-state index contributed by atoms with van der Waals surface area (Å²) in [5, 5.41) is 10.6. The molecule has 12 nitrogen and oxygen atoms in total. The normalized spacial score (nSPS) is 11.0. The second-order valence-electron chi connectivity index (χ2n) is 8.64. The maximum atomic E-state index is 13.3. The Bertz CT molecular complexity index is 1620. The van der Waals surface area contributed by atoms with Gasteiger partial charge < -0.3 is 26.8 Å². The highest BCUT2D eigenvalue weighted by Gasteiger charge is 2.21. The van der Waals surface area contributed by atoms with E-state index in [1.807, 2.05) is 56.3 Å². The summed E-state index contributed by atoms with van der Waals surface area (Å²) in [5.41, 5.74) is 15.7. The van der Waals surface area contributed by atoms with Crippen LogP contribution in [0.1, 0.15) is 12.6 Å². The molecule has 5 rings (SSSR count). The minimum atomic E-state index is -0.270. The lowest BCUT2D eigenvalue weighted by Crippen LogP contribution is -2.21. The second-order valence-corrected chi connectivity index (χ2v) is 8.64. The molecule has 6 N–H and O–H groups in total. The number of methoxy groups -OCH3 is 1. The monoisotopic (exact) mass is 512 g/mol. The van der Waals surface area contributed by atoms with Crippen LogP contribution in [-0.4, -0.2) is 42.3 Å². The van der Waals surface area contributed by atoms with Crippen LogP contribution in [0, 0.1) is 6.92 Å². The van der Waals surface area contributed by atoms with Crippen molar-refractivity contribution in [3.63, 3.8) is 0 Å². The lowest BCUT2D eigenvalue weighted by molar-refractivity contribution is -0.116. The topological polar surface area (TPSA) is 164 Å². The van der Waals surface area contributed by atoms with Crippen LogP contribution in [0.4, 0.5) is 29.0 Å². The van der Waals surface area contributed by atoms with Crippen LogP contribution in [0.15, 0.2) is 54.6 Å². The van der Waals surface area contributed by atoms with Crippen molar-refractivity contribution in [3.8, 4) is 17.1 Å². The largest absolute Gasteiger partial charge is 0.497 e. The van der Waals surface area contributed by atoms with Crippen molar-refractivity contribution in [1.82, 2.24) is 29.3 Å². The fraction of sp³-hybridized carbons (Fsp3) is 0.192. The zero-order chi connectivity index (χ0) is 26.8. The number of rotatable bonds is 8. The van der Waals surface area contributed by atoms with Crippen LogP contribution in [0.25, 0.3) is 22.6 Å². The average molecular weight is 513 g/mol. The fourth-order valence-corrected chi connectivity index (χ4v) is 4.15. The van der Waals surface area contributed by atoms with Crippen molar-refractivity contribution < 1.29 is 9.53 Å². The number of hydrogen-bond acceptors (Lipinski definition) is 9. The standard InChI is InChI=1S/C26H28N10O2/c1-4-36-20(12-15(2)34-36)30-21(37)14-35-24(16-6-5-7-19(13-16)38-3)31-22-23(32-26(28)33-25(22)35)29-18-10-8-17(27)9-11-18/h5-13H,4,14,27H2,1-3H3,(H,30,37)(H3,28,29,32,33). The summed E-state index contributed by atoms with van der Waals surface area (Å²) in [6, 6.07) is 16.4. The number of carbonyl (C=O) groups is 1. The van der Waals surface area contributed by atoms with Crippen LogP contribution in [0.5, 0.6) is 5.75 Å². The maximum absolute atomic E-state index is 13.3. The summed E-state index contributed by atoms with van der Waals surface area (Å²) in [7, 11) is 1.59. The van der Waals surface area contributed by atoms with Gasteiger partial charge in [0.25, 0.3) is 0 Å². The second kappa shape index (κ2) is 10.1. The molecule has 0 saturated carbocycles. The van der Waals surface area contributed by atoms with E-state index < -0.39 is 0 Å². The molecule has 0 fully saturated rings. The number of carbonyl (C=O) groups excluding carboxylic acids is 1. The van der Waals surface area contributed by atoms with Gasteiger partial charge in [0.1, 0.15) is 23.9 Å². The molecule has 194 valence electrons. The minimum absolute atomic E-state index is 0.0360. The summed E-state index contributed by atoms with van der Waals surface area (Å²) < 4.78 is 8.86. The Labute approximate surface area is 218 Å². The Morgan fingerprint density at radius 2 is 1.84 bits per heavy atom. The van der Waals surface area contributed by atoms with Gasteiger partial charge in [-0.3, -0.25) is 9.36 Å². The Kier molecular flexibility index (Phi) is 6.52. The third kappa shape index (κ3) is 4.91. The van der Waals surface area contributed by atoms with Gasteiger partial charge >= 0.3 is 0 Å². The number of amides is 1. The van der Waals surface area contributed by atoms with Gasteiger partial charge in [0.05, 0.1) is 12.8 Å². The molecule has 3 aromatic heterocycles. The van der Waals surface area contributed by atoms with Gasteiger partial charge in [-0.2, -0.15) is 15.1 Å². The van der Waals surface area contributed by atoms with E-state index >= 15 is 0 Å². The smallest absolute Gasteiger partial charge is 0.245 e. The summed E-state index contributed by atoms with van der Waals surface area (Å²) >= 11 is 0. The molecule has 0 spiro atoms. The predicted octanol–water partition coefficient (Wildman–Crippen LogP) is 3.57. The number of aromatic nitrogens is 6. The number of nitrogens with two attached hydrogens (primary N) is 2. The minimum Gasteiger partial charge on any atom is -0.497 e. The molecule has 12 heteroatoms. The number of benzene rings is 2. The lowest BCUT2D eigenvalue weighted by atomic mass is 10.2. The number of hydrogen-bond donors (Lipinski definition) is 4. The fourth-order valence-electron chi connectivity index (χ4n) is 4.15. The molecule has 0 atom stereocenters. The van der Waals surface area contributed by atoms with Crippen LogP contribution >= 0.6 is 0 Å². The molecule has 3 heterocycles. The molecule has 0 unspecified atom stereocenters. The molecule has 0 aliphatic carbocycles. The van der Waals surface area contributed by atoms with Crippen molar-refractivity contribution in [2.45, 2.75) is 26.9 Å². The highest BCUT2D eigenvalue weighted by molar-refractivity contribution is 5.94. The van der Waals surface area contributed by atoms with Gasteiger partial charge in [0, 0.05) is 29.5 Å². The van der Waals surface area contributed by atoms with Crippen molar-refractivity contribution in [2.24, 2.45) is 0 Å². The Hall–Kier alpha value is -5.13. The van der Waals surface area contributed by atoms with E-state index in [9.17, 15) is 4.79 Å². The number of anilines is 5. The van der Waals surface area contributed by atoms with E-state index in [0.717, 1.165) is 16.9 Å². The molecule has 5 aromatic rings. The third-order valence-electron chi connectivity index (χ3n) is 5.88. The zero-order valence-corrected chi connectivity index (χ0v) is 21.3. The molecule has 0 radical (unpaired) electrons. The average Bonchev–Trinajstić information content (AvgIpc) is 3.44. The van der Waals surface area contributed by atoms with Crippen LogP contribution < -0.4 is 26.8 Å². The van der Waals surface area contributed by atoms with E-state index in [1.165, 1.54) is 0 Å². The van der Waals surface area contributed by atoms with Crippen molar-refractivity contribution in [1.29, 1.82) is 0 Å². The summed E-state index contributed by atoms with van der Waals surface area (Å²) in [4.78, 5) is 27.0. The molecule has 0 saturated heterocycles. The SMILES string of the molecule is CCn1nc(C)cc1NC(=O)Cn1c(-c2cccc(OC)c2)nc2c(Nc3ccc(N)cc3)nc(N)nc21. The van der Waals surface area contributed by atoms with Crippen LogP contribution in [0.3, 0.4) is 0 Å². The Morgan fingerprint density at radius 1 is 1.05 bits per heavy atom. The highest BCUT2D eigenvalue weighted by atomic mass is 16.5. The first-order valence-corrected chi connectivity index (χ1v) is 12.0. The first kappa shape index (κ1) is 24.6. The van der Waals surface area contributed by atoms with Gasteiger partial charge in [-0.05, 0) is 50.2 Å². The highest BCUT2D eigenvalue weighted by Crippen LogP contribution is 2.31. The molecule has 1 amide bonds. The van der Waals surface area contributed by atoms with Crippen molar-refractivity contribution in [2.75, 3.05) is 29.2 Å². The lowest BCUT2D eigenvalue weighted by Gasteiger charge is -2.11. The van der Waals surface area contributed by atoms with E-state index in [2.05, 4.69) is 25.7 Å². The first-order chi connectivity index (χ1) is 18.3. The van der Waals surface area contributed by atoms with Crippen LogP contribution in [-0.2, 0) is 17.9 Å². The number of nitrogen functional groups attached to an aromatic ring is 2. The van der Waals surface area contributed by atoms with Gasteiger partial charge in [0.15, 0.2) is 17.0 Å².